The first kappa shape index (κ1) is 12.4. The van der Waals surface area contributed by atoms with Crippen molar-refractivity contribution in [3.63, 3.8) is 0 Å². The molecule has 0 spiro atoms. The molecule has 1 fully saturated rings. The van der Waals surface area contributed by atoms with Gasteiger partial charge in [-0.25, -0.2) is 4.98 Å². The van der Waals surface area contributed by atoms with Crippen molar-refractivity contribution in [2.45, 2.75) is 29.8 Å². The smallest absolute Gasteiger partial charge is 0.165 e. The van der Waals surface area contributed by atoms with Crippen LogP contribution in [0.2, 0.25) is 0 Å². The first-order valence-electron chi connectivity index (χ1n) is 6.79. The molecule has 20 heavy (non-hydrogen) atoms. The standard InChI is InChI=1S/C15H14N2OS2/c19-14-7-10(9-5-6-9)16-15(17-14)12-8-20-13-4-2-1-3-11(13)18-12/h1-4,7,9,12H,5-6,8H2,(H,16,17,19). The predicted octanol–water partition coefficient (Wildman–Crippen LogP) is 4.24. The summed E-state index contributed by atoms with van der Waals surface area (Å²) in [4.78, 5) is 9.09. The highest BCUT2D eigenvalue weighted by atomic mass is 32.2. The Morgan fingerprint density at radius 3 is 3.00 bits per heavy atom. The van der Waals surface area contributed by atoms with Crippen LogP contribution in [0.25, 0.3) is 0 Å². The molecule has 1 N–H and O–H groups in total. The second-order valence-corrected chi connectivity index (χ2v) is 6.68. The van der Waals surface area contributed by atoms with Gasteiger partial charge >= 0.3 is 0 Å². The van der Waals surface area contributed by atoms with Gasteiger partial charge in [0.2, 0.25) is 0 Å². The van der Waals surface area contributed by atoms with E-state index in [4.69, 9.17) is 17.0 Å². The van der Waals surface area contributed by atoms with Crippen molar-refractivity contribution >= 4 is 24.0 Å². The average molecular weight is 302 g/mol. The maximum Gasteiger partial charge on any atom is 0.165 e. The highest BCUT2D eigenvalue weighted by Crippen LogP contribution is 2.41. The minimum atomic E-state index is -0.0460. The lowest BCUT2D eigenvalue weighted by Crippen LogP contribution is -2.18. The molecule has 3 nitrogen and oxygen atoms in total. The third-order valence-corrected chi connectivity index (χ3v) is 4.94. The van der Waals surface area contributed by atoms with E-state index in [-0.39, 0.29) is 6.10 Å². The Bertz CT molecular complexity index is 709. The minimum Gasteiger partial charge on any atom is -0.480 e. The summed E-state index contributed by atoms with van der Waals surface area (Å²) < 4.78 is 6.73. The summed E-state index contributed by atoms with van der Waals surface area (Å²) in [6.07, 6.45) is 2.45. The molecule has 2 aliphatic rings. The van der Waals surface area contributed by atoms with Gasteiger partial charge in [0.05, 0.1) is 0 Å². The van der Waals surface area contributed by atoms with Crippen molar-refractivity contribution in [1.29, 1.82) is 0 Å². The molecule has 0 bridgehead atoms. The number of fused-ring (bicyclic) bond motifs is 1. The van der Waals surface area contributed by atoms with Gasteiger partial charge in [-0.15, -0.1) is 11.8 Å². The SMILES string of the molecule is S=c1cc(C2CC2)[nH]c(C2CSc3ccccc3O2)n1. The molecule has 0 amide bonds. The molecule has 1 unspecified atom stereocenters. The van der Waals surface area contributed by atoms with Gasteiger partial charge in [0.25, 0.3) is 0 Å². The summed E-state index contributed by atoms with van der Waals surface area (Å²) >= 11 is 7.10. The van der Waals surface area contributed by atoms with E-state index in [0.717, 1.165) is 17.3 Å². The summed E-state index contributed by atoms with van der Waals surface area (Å²) in [5.41, 5.74) is 1.22. The highest BCUT2D eigenvalue weighted by Gasteiger charge is 2.28. The van der Waals surface area contributed by atoms with Crippen LogP contribution in [0.4, 0.5) is 0 Å². The number of ether oxygens (including phenoxy) is 1. The molecular formula is C15H14N2OS2. The van der Waals surface area contributed by atoms with Crippen LogP contribution in [0, 0.1) is 4.64 Å². The maximum atomic E-state index is 6.07. The molecule has 0 saturated heterocycles. The van der Waals surface area contributed by atoms with Crippen molar-refractivity contribution in [3.05, 3.63) is 46.5 Å². The van der Waals surface area contributed by atoms with Crippen LogP contribution in [0.3, 0.4) is 0 Å². The third-order valence-electron chi connectivity index (χ3n) is 3.61. The van der Waals surface area contributed by atoms with Crippen LogP contribution in [0.15, 0.2) is 35.2 Å². The van der Waals surface area contributed by atoms with Crippen molar-refractivity contribution in [2.75, 3.05) is 5.75 Å². The summed E-state index contributed by atoms with van der Waals surface area (Å²) in [6, 6.07) is 10.1. The number of hydrogen-bond acceptors (Lipinski definition) is 4. The zero-order valence-corrected chi connectivity index (χ0v) is 12.5. The van der Waals surface area contributed by atoms with Crippen LogP contribution in [-0.2, 0) is 0 Å². The van der Waals surface area contributed by atoms with Crippen molar-refractivity contribution in [1.82, 2.24) is 9.97 Å². The number of rotatable bonds is 2. The Balaban J connectivity index is 1.67. The Kier molecular flexibility index (Phi) is 3.04. The molecule has 1 atom stereocenters. The number of H-pyrrole nitrogens is 1. The molecule has 5 heteroatoms. The fraction of sp³-hybridized carbons (Fsp3) is 0.333. The molecule has 1 aromatic heterocycles. The fourth-order valence-electron chi connectivity index (χ4n) is 2.42. The number of nitrogens with zero attached hydrogens (tertiary/aromatic N) is 1. The molecular weight excluding hydrogens is 288 g/mol. The maximum absolute atomic E-state index is 6.07. The first-order chi connectivity index (χ1) is 9.79. The zero-order valence-electron chi connectivity index (χ0n) is 10.8. The highest BCUT2D eigenvalue weighted by molar-refractivity contribution is 7.99. The van der Waals surface area contributed by atoms with Gasteiger partial charge < -0.3 is 9.72 Å². The largest absolute Gasteiger partial charge is 0.480 e. The fourth-order valence-corrected chi connectivity index (χ4v) is 3.63. The molecule has 4 rings (SSSR count). The Hall–Kier alpha value is -1.33. The van der Waals surface area contributed by atoms with Gasteiger partial charge in [-0.1, -0.05) is 24.4 Å². The Morgan fingerprint density at radius 2 is 2.15 bits per heavy atom. The molecule has 1 aliphatic carbocycles. The zero-order chi connectivity index (χ0) is 13.5. The lowest BCUT2D eigenvalue weighted by Gasteiger charge is -2.25. The molecule has 102 valence electrons. The van der Waals surface area contributed by atoms with Crippen molar-refractivity contribution in [2.24, 2.45) is 0 Å². The summed E-state index contributed by atoms with van der Waals surface area (Å²) in [7, 11) is 0. The van der Waals surface area contributed by atoms with E-state index in [9.17, 15) is 0 Å². The molecule has 1 aromatic carbocycles. The second kappa shape index (κ2) is 4.90. The molecule has 1 saturated carbocycles. The van der Waals surface area contributed by atoms with Crippen LogP contribution >= 0.6 is 24.0 Å². The van der Waals surface area contributed by atoms with Crippen LogP contribution in [0.5, 0.6) is 5.75 Å². The van der Waals surface area contributed by atoms with E-state index < -0.39 is 0 Å². The monoisotopic (exact) mass is 302 g/mol. The minimum absolute atomic E-state index is 0.0460. The van der Waals surface area contributed by atoms with Gasteiger partial charge in [-0.2, -0.15) is 0 Å². The van der Waals surface area contributed by atoms with Crippen LogP contribution in [-0.4, -0.2) is 15.7 Å². The summed E-state index contributed by atoms with van der Waals surface area (Å²) in [5.74, 6) is 3.30. The number of hydrogen-bond donors (Lipinski definition) is 1. The number of aromatic nitrogens is 2. The number of aromatic amines is 1. The lowest BCUT2D eigenvalue weighted by atomic mass is 10.2. The van der Waals surface area contributed by atoms with Crippen LogP contribution < -0.4 is 4.74 Å². The Labute approximate surface area is 126 Å². The third kappa shape index (κ3) is 2.36. The summed E-state index contributed by atoms with van der Waals surface area (Å²) in [5, 5.41) is 0. The molecule has 2 heterocycles. The molecule has 2 aromatic rings. The number of para-hydroxylation sites is 1. The van der Waals surface area contributed by atoms with E-state index in [2.05, 4.69) is 16.0 Å². The van der Waals surface area contributed by atoms with Crippen molar-refractivity contribution < 1.29 is 4.74 Å². The molecule has 0 radical (unpaired) electrons. The van der Waals surface area contributed by atoms with Gasteiger partial charge in [0.15, 0.2) is 6.10 Å². The number of benzene rings is 1. The average Bonchev–Trinajstić information content (AvgIpc) is 3.31. The van der Waals surface area contributed by atoms with Crippen molar-refractivity contribution in [3.8, 4) is 5.75 Å². The topological polar surface area (TPSA) is 37.9 Å². The molecule has 1 aliphatic heterocycles. The van der Waals surface area contributed by atoms with Gasteiger partial charge in [-0.05, 0) is 37.0 Å². The Morgan fingerprint density at radius 1 is 1.30 bits per heavy atom. The van der Waals surface area contributed by atoms with E-state index >= 15 is 0 Å². The van der Waals surface area contributed by atoms with Crippen LogP contribution in [0.1, 0.15) is 36.4 Å². The van der Waals surface area contributed by atoms with Gasteiger partial charge in [0, 0.05) is 16.3 Å². The number of nitrogens with one attached hydrogen (secondary N) is 1. The van der Waals surface area contributed by atoms with Gasteiger partial charge in [0.1, 0.15) is 16.2 Å². The number of thioether (sulfide) groups is 1. The van der Waals surface area contributed by atoms with E-state index in [1.165, 1.54) is 23.4 Å². The lowest BCUT2D eigenvalue weighted by molar-refractivity contribution is 0.210. The normalized spacial score (nSPS) is 21.1. The van der Waals surface area contributed by atoms with E-state index in [1.807, 2.05) is 36.0 Å². The van der Waals surface area contributed by atoms with Gasteiger partial charge in [-0.3, -0.25) is 0 Å². The van der Waals surface area contributed by atoms with E-state index in [0.29, 0.717) is 10.6 Å². The first-order valence-corrected chi connectivity index (χ1v) is 8.18. The quantitative estimate of drug-likeness (QED) is 0.842. The predicted molar refractivity (Wildman–Crippen MR) is 81.9 cm³/mol. The van der Waals surface area contributed by atoms with E-state index in [1.54, 1.807) is 0 Å². The summed E-state index contributed by atoms with van der Waals surface area (Å²) in [6.45, 7) is 0. The second-order valence-electron chi connectivity index (χ2n) is 5.20.